The minimum atomic E-state index is 0.0514. The molecule has 1 aliphatic heterocycles. The monoisotopic (exact) mass is 210 g/mol. The molecular formula is C12H20NO2+. The average molecular weight is 210 g/mol. The SMILES string of the molecule is CC1(C)C[C@H]([NH2+]Cc2ccoc2)CCO1. The van der Waals surface area contributed by atoms with E-state index in [1.807, 2.05) is 12.3 Å². The van der Waals surface area contributed by atoms with E-state index in [-0.39, 0.29) is 5.60 Å². The van der Waals surface area contributed by atoms with Gasteiger partial charge in [0.15, 0.2) is 0 Å². The van der Waals surface area contributed by atoms with Crippen LogP contribution in [0.4, 0.5) is 0 Å². The lowest BCUT2D eigenvalue weighted by atomic mass is 9.94. The van der Waals surface area contributed by atoms with Crippen LogP contribution in [0.5, 0.6) is 0 Å². The van der Waals surface area contributed by atoms with Crippen molar-refractivity contribution in [2.75, 3.05) is 6.61 Å². The Morgan fingerprint density at radius 3 is 3.07 bits per heavy atom. The molecule has 0 spiro atoms. The second kappa shape index (κ2) is 4.37. The molecule has 0 saturated carbocycles. The van der Waals surface area contributed by atoms with Gasteiger partial charge >= 0.3 is 0 Å². The normalized spacial score (nSPS) is 25.3. The van der Waals surface area contributed by atoms with Crippen molar-refractivity contribution in [3.05, 3.63) is 24.2 Å². The number of nitrogens with two attached hydrogens (primary N) is 1. The third-order valence-electron chi connectivity index (χ3n) is 3.00. The molecule has 0 aromatic carbocycles. The van der Waals surface area contributed by atoms with Gasteiger partial charge in [-0.1, -0.05) is 0 Å². The summed E-state index contributed by atoms with van der Waals surface area (Å²) in [4.78, 5) is 0. The first-order chi connectivity index (χ1) is 7.16. The number of furan rings is 1. The minimum Gasteiger partial charge on any atom is -0.472 e. The van der Waals surface area contributed by atoms with Gasteiger partial charge in [-0.05, 0) is 19.9 Å². The molecule has 1 aromatic heterocycles. The van der Waals surface area contributed by atoms with Gasteiger partial charge in [0.2, 0.25) is 0 Å². The lowest BCUT2D eigenvalue weighted by molar-refractivity contribution is -0.709. The maximum absolute atomic E-state index is 5.69. The minimum absolute atomic E-state index is 0.0514. The van der Waals surface area contributed by atoms with Gasteiger partial charge in [0.25, 0.3) is 0 Å². The topological polar surface area (TPSA) is 39.0 Å². The second-order valence-corrected chi connectivity index (χ2v) is 4.93. The van der Waals surface area contributed by atoms with Crippen molar-refractivity contribution in [1.82, 2.24) is 0 Å². The molecule has 2 rings (SSSR count). The Morgan fingerprint density at radius 2 is 2.40 bits per heavy atom. The first-order valence-corrected chi connectivity index (χ1v) is 5.64. The van der Waals surface area contributed by atoms with Crippen LogP contribution in [-0.4, -0.2) is 18.2 Å². The highest BCUT2D eigenvalue weighted by Crippen LogP contribution is 2.22. The Labute approximate surface area is 90.8 Å². The van der Waals surface area contributed by atoms with Crippen LogP contribution < -0.4 is 5.32 Å². The predicted molar refractivity (Wildman–Crippen MR) is 57.4 cm³/mol. The van der Waals surface area contributed by atoms with Crippen LogP contribution in [0.2, 0.25) is 0 Å². The summed E-state index contributed by atoms with van der Waals surface area (Å²) >= 11 is 0. The van der Waals surface area contributed by atoms with E-state index in [1.165, 1.54) is 5.56 Å². The Hall–Kier alpha value is -0.800. The van der Waals surface area contributed by atoms with Crippen LogP contribution in [0.25, 0.3) is 0 Å². The zero-order valence-electron chi connectivity index (χ0n) is 9.53. The van der Waals surface area contributed by atoms with E-state index in [2.05, 4.69) is 19.2 Å². The molecule has 15 heavy (non-hydrogen) atoms. The largest absolute Gasteiger partial charge is 0.472 e. The maximum atomic E-state index is 5.69. The molecule has 1 fully saturated rings. The standard InChI is InChI=1S/C12H19NO2/c1-12(2)7-11(4-6-15-12)13-8-10-3-5-14-9-10/h3,5,9,11,13H,4,6-8H2,1-2H3/p+1/t11-/m1/s1. The highest BCUT2D eigenvalue weighted by molar-refractivity contribution is 5.02. The second-order valence-electron chi connectivity index (χ2n) is 4.93. The molecule has 84 valence electrons. The molecule has 1 aliphatic rings. The fourth-order valence-corrected chi connectivity index (χ4v) is 2.19. The molecule has 3 nitrogen and oxygen atoms in total. The van der Waals surface area contributed by atoms with Crippen molar-refractivity contribution in [2.24, 2.45) is 0 Å². The number of quaternary nitrogens is 1. The summed E-state index contributed by atoms with van der Waals surface area (Å²) in [6, 6.07) is 2.71. The van der Waals surface area contributed by atoms with Gasteiger partial charge in [-0.3, -0.25) is 0 Å². The zero-order chi connectivity index (χ0) is 10.7. The molecule has 1 aromatic rings. The Kier molecular flexibility index (Phi) is 3.12. The molecule has 1 saturated heterocycles. The predicted octanol–water partition coefficient (Wildman–Crippen LogP) is 1.30. The molecule has 3 heteroatoms. The van der Waals surface area contributed by atoms with Gasteiger partial charge in [0.05, 0.1) is 30.8 Å². The zero-order valence-corrected chi connectivity index (χ0v) is 9.53. The molecule has 0 aliphatic carbocycles. The fraction of sp³-hybridized carbons (Fsp3) is 0.667. The first-order valence-electron chi connectivity index (χ1n) is 5.64. The summed E-state index contributed by atoms with van der Waals surface area (Å²) in [6.07, 6.45) is 5.84. The van der Waals surface area contributed by atoms with Crippen LogP contribution in [0, 0.1) is 0 Å². The molecule has 0 amide bonds. The van der Waals surface area contributed by atoms with Gasteiger partial charge in [-0.15, -0.1) is 0 Å². The van der Waals surface area contributed by atoms with E-state index < -0.39 is 0 Å². The van der Waals surface area contributed by atoms with Crippen LogP contribution >= 0.6 is 0 Å². The summed E-state index contributed by atoms with van der Waals surface area (Å²) in [5.41, 5.74) is 1.31. The van der Waals surface area contributed by atoms with Crippen LogP contribution in [-0.2, 0) is 11.3 Å². The van der Waals surface area contributed by atoms with Crippen molar-refractivity contribution < 1.29 is 14.5 Å². The van der Waals surface area contributed by atoms with Crippen molar-refractivity contribution >= 4 is 0 Å². The third kappa shape index (κ3) is 3.08. The van der Waals surface area contributed by atoms with E-state index >= 15 is 0 Å². The molecule has 2 heterocycles. The van der Waals surface area contributed by atoms with Crippen LogP contribution in [0.15, 0.2) is 23.0 Å². The summed E-state index contributed by atoms with van der Waals surface area (Å²) in [7, 11) is 0. The van der Waals surface area contributed by atoms with Gasteiger partial charge in [-0.2, -0.15) is 0 Å². The summed E-state index contributed by atoms with van der Waals surface area (Å²) in [5, 5.41) is 2.40. The van der Waals surface area contributed by atoms with E-state index in [0.717, 1.165) is 26.0 Å². The van der Waals surface area contributed by atoms with Crippen molar-refractivity contribution in [1.29, 1.82) is 0 Å². The highest BCUT2D eigenvalue weighted by atomic mass is 16.5. The smallest absolute Gasteiger partial charge is 0.105 e. The lowest BCUT2D eigenvalue weighted by Gasteiger charge is -2.33. The quantitative estimate of drug-likeness (QED) is 0.816. The number of hydrogen-bond acceptors (Lipinski definition) is 2. The fourth-order valence-electron chi connectivity index (χ4n) is 2.19. The summed E-state index contributed by atoms with van der Waals surface area (Å²) in [6.45, 7) is 6.24. The van der Waals surface area contributed by atoms with E-state index in [0.29, 0.717) is 6.04 Å². The van der Waals surface area contributed by atoms with Crippen molar-refractivity contribution in [3.63, 3.8) is 0 Å². The molecule has 0 bridgehead atoms. The van der Waals surface area contributed by atoms with Crippen LogP contribution in [0.1, 0.15) is 32.3 Å². The molecule has 0 unspecified atom stereocenters. The average Bonchev–Trinajstić information content (AvgIpc) is 2.65. The van der Waals surface area contributed by atoms with E-state index in [4.69, 9.17) is 9.15 Å². The van der Waals surface area contributed by atoms with Gasteiger partial charge < -0.3 is 14.5 Å². The molecular weight excluding hydrogens is 190 g/mol. The number of rotatable bonds is 3. The first kappa shape index (κ1) is 10.7. The summed E-state index contributed by atoms with van der Waals surface area (Å²) in [5.74, 6) is 0. The Morgan fingerprint density at radius 1 is 1.53 bits per heavy atom. The lowest BCUT2D eigenvalue weighted by Crippen LogP contribution is -2.89. The molecule has 0 radical (unpaired) electrons. The summed E-state index contributed by atoms with van der Waals surface area (Å²) < 4.78 is 10.7. The van der Waals surface area contributed by atoms with E-state index in [9.17, 15) is 0 Å². The molecule has 1 atom stereocenters. The van der Waals surface area contributed by atoms with Crippen molar-refractivity contribution in [2.45, 2.75) is 44.9 Å². The van der Waals surface area contributed by atoms with E-state index in [1.54, 1.807) is 6.26 Å². The van der Waals surface area contributed by atoms with Gasteiger partial charge in [-0.25, -0.2) is 0 Å². The van der Waals surface area contributed by atoms with Gasteiger partial charge in [0.1, 0.15) is 6.54 Å². The number of hydrogen-bond donors (Lipinski definition) is 1. The van der Waals surface area contributed by atoms with Gasteiger partial charge in [0, 0.05) is 18.4 Å². The third-order valence-corrected chi connectivity index (χ3v) is 3.00. The maximum Gasteiger partial charge on any atom is 0.105 e. The van der Waals surface area contributed by atoms with Crippen molar-refractivity contribution in [3.8, 4) is 0 Å². The highest BCUT2D eigenvalue weighted by Gasteiger charge is 2.30. The Bertz CT molecular complexity index is 293. The Balaban J connectivity index is 1.80. The van der Waals surface area contributed by atoms with Crippen LogP contribution in [0.3, 0.4) is 0 Å². The number of ether oxygens (including phenoxy) is 1. The molecule has 2 N–H and O–H groups in total.